The number of carboxylic acids is 1. The summed E-state index contributed by atoms with van der Waals surface area (Å²) in [4.78, 5) is 34.6. The van der Waals surface area contributed by atoms with Crippen LogP contribution >= 0.6 is 0 Å². The molecule has 0 saturated carbocycles. The van der Waals surface area contributed by atoms with Gasteiger partial charge >= 0.3 is 11.9 Å². The molecular formula is C34H63NO5. The van der Waals surface area contributed by atoms with Crippen molar-refractivity contribution in [2.24, 2.45) is 0 Å². The Bertz CT molecular complexity index is 634. The van der Waals surface area contributed by atoms with Gasteiger partial charge in [0.15, 0.2) is 0 Å². The fourth-order valence-corrected chi connectivity index (χ4v) is 4.92. The molecule has 2 N–H and O–H groups in total. The van der Waals surface area contributed by atoms with Crippen molar-refractivity contribution >= 4 is 17.8 Å². The number of hydrogen-bond acceptors (Lipinski definition) is 4. The lowest BCUT2D eigenvalue weighted by Gasteiger charge is -2.18. The maximum Gasteiger partial charge on any atom is 0.322 e. The molecule has 0 aliphatic rings. The number of aliphatic carboxylic acids is 1. The van der Waals surface area contributed by atoms with Gasteiger partial charge in [0.1, 0.15) is 12.6 Å². The minimum atomic E-state index is -1.02. The van der Waals surface area contributed by atoms with E-state index in [1.807, 2.05) is 0 Å². The first-order valence-corrected chi connectivity index (χ1v) is 16.8. The van der Waals surface area contributed by atoms with Crippen LogP contribution < -0.4 is 5.32 Å². The number of ether oxygens (including phenoxy) is 1. The topological polar surface area (TPSA) is 92.7 Å². The van der Waals surface area contributed by atoms with Gasteiger partial charge < -0.3 is 15.2 Å². The first-order chi connectivity index (χ1) is 19.5. The van der Waals surface area contributed by atoms with Crippen molar-refractivity contribution in [3.63, 3.8) is 0 Å². The summed E-state index contributed by atoms with van der Waals surface area (Å²) in [5.74, 6) is -1.24. The van der Waals surface area contributed by atoms with E-state index in [9.17, 15) is 14.4 Å². The second kappa shape index (κ2) is 30.1. The van der Waals surface area contributed by atoms with E-state index < -0.39 is 5.97 Å². The Morgan fingerprint density at radius 3 is 1.65 bits per heavy atom. The van der Waals surface area contributed by atoms with Crippen molar-refractivity contribution in [3.05, 3.63) is 12.2 Å². The maximum atomic E-state index is 12.5. The number of amides is 1. The average Bonchev–Trinajstić information content (AvgIpc) is 2.93. The van der Waals surface area contributed by atoms with Crippen LogP contribution in [0.1, 0.15) is 174 Å². The van der Waals surface area contributed by atoms with E-state index in [1.165, 1.54) is 83.5 Å². The van der Waals surface area contributed by atoms with Crippen LogP contribution in [0.4, 0.5) is 0 Å². The molecule has 0 spiro atoms. The number of allylic oxidation sites excluding steroid dienone is 2. The largest absolute Gasteiger partial charge is 0.480 e. The predicted octanol–water partition coefficient (Wildman–Crippen LogP) is 9.45. The third-order valence-electron chi connectivity index (χ3n) is 7.44. The number of unbranched alkanes of at least 4 members (excludes halogenated alkanes) is 17. The van der Waals surface area contributed by atoms with Gasteiger partial charge in [-0.3, -0.25) is 14.4 Å². The summed E-state index contributed by atoms with van der Waals surface area (Å²) >= 11 is 0. The first kappa shape index (κ1) is 38.1. The highest BCUT2D eigenvalue weighted by atomic mass is 16.5. The lowest BCUT2D eigenvalue weighted by atomic mass is 10.0. The summed E-state index contributed by atoms with van der Waals surface area (Å²) in [7, 11) is 0. The van der Waals surface area contributed by atoms with E-state index in [2.05, 4.69) is 31.3 Å². The van der Waals surface area contributed by atoms with Crippen LogP contribution in [0.25, 0.3) is 0 Å². The van der Waals surface area contributed by atoms with Gasteiger partial charge in [-0.15, -0.1) is 0 Å². The van der Waals surface area contributed by atoms with Crippen LogP contribution in [0.15, 0.2) is 12.2 Å². The molecule has 1 unspecified atom stereocenters. The van der Waals surface area contributed by atoms with Crippen LogP contribution in [-0.2, 0) is 19.1 Å². The van der Waals surface area contributed by atoms with Crippen LogP contribution in [0.2, 0.25) is 0 Å². The highest BCUT2D eigenvalue weighted by molar-refractivity contribution is 5.80. The van der Waals surface area contributed by atoms with Crippen LogP contribution in [0.5, 0.6) is 0 Å². The lowest BCUT2D eigenvalue weighted by Crippen LogP contribution is -2.28. The van der Waals surface area contributed by atoms with Gasteiger partial charge in [-0.1, -0.05) is 109 Å². The summed E-state index contributed by atoms with van der Waals surface area (Å²) in [6.45, 7) is 4.16. The molecule has 0 aromatic heterocycles. The highest BCUT2D eigenvalue weighted by Gasteiger charge is 2.14. The summed E-state index contributed by atoms with van der Waals surface area (Å²) in [6, 6.07) is 0. The van der Waals surface area contributed by atoms with Crippen molar-refractivity contribution in [3.8, 4) is 0 Å². The monoisotopic (exact) mass is 565 g/mol. The molecule has 6 nitrogen and oxygen atoms in total. The fraction of sp³-hybridized carbons (Fsp3) is 0.853. The molecule has 1 amide bonds. The Labute approximate surface area is 246 Å². The molecule has 0 fully saturated rings. The van der Waals surface area contributed by atoms with Gasteiger partial charge in [0.25, 0.3) is 0 Å². The SMILES string of the molecule is CCCCC/C=C\CCCCCCCC(=O)OC(CCCCCCCC)CCCCCCCC(=O)NCC(=O)O. The highest BCUT2D eigenvalue weighted by Crippen LogP contribution is 2.18. The minimum Gasteiger partial charge on any atom is -0.480 e. The van der Waals surface area contributed by atoms with Crippen LogP contribution in [0.3, 0.4) is 0 Å². The third kappa shape index (κ3) is 29.1. The van der Waals surface area contributed by atoms with Crippen LogP contribution in [-0.4, -0.2) is 35.6 Å². The summed E-state index contributed by atoms with van der Waals surface area (Å²) in [6.07, 6.45) is 31.8. The molecule has 0 aromatic rings. The Kier molecular flexibility index (Phi) is 28.7. The zero-order valence-corrected chi connectivity index (χ0v) is 26.2. The van der Waals surface area contributed by atoms with Gasteiger partial charge in [-0.25, -0.2) is 0 Å². The van der Waals surface area contributed by atoms with E-state index in [1.54, 1.807) is 0 Å². The molecular weight excluding hydrogens is 502 g/mol. The van der Waals surface area contributed by atoms with Gasteiger partial charge in [-0.2, -0.15) is 0 Å². The van der Waals surface area contributed by atoms with Crippen molar-refractivity contribution < 1.29 is 24.2 Å². The van der Waals surface area contributed by atoms with Crippen molar-refractivity contribution in [1.29, 1.82) is 0 Å². The maximum absolute atomic E-state index is 12.5. The Balaban J connectivity index is 4.06. The molecule has 1 atom stereocenters. The smallest absolute Gasteiger partial charge is 0.322 e. The number of nitrogens with one attached hydrogen (secondary N) is 1. The van der Waals surface area contributed by atoms with Gasteiger partial charge in [0, 0.05) is 12.8 Å². The van der Waals surface area contributed by atoms with E-state index in [0.29, 0.717) is 12.8 Å². The van der Waals surface area contributed by atoms with Crippen molar-refractivity contribution in [2.75, 3.05) is 6.54 Å². The molecule has 0 rings (SSSR count). The predicted molar refractivity (Wildman–Crippen MR) is 166 cm³/mol. The zero-order chi connectivity index (χ0) is 29.5. The normalized spacial score (nSPS) is 12.1. The van der Waals surface area contributed by atoms with Gasteiger partial charge in [-0.05, 0) is 64.2 Å². The summed E-state index contributed by atoms with van der Waals surface area (Å²) in [5.41, 5.74) is 0. The molecule has 0 aromatic carbocycles. The Hall–Kier alpha value is -1.85. The van der Waals surface area contributed by atoms with Gasteiger partial charge in [0.05, 0.1) is 0 Å². The molecule has 0 radical (unpaired) electrons. The van der Waals surface area contributed by atoms with Crippen LogP contribution in [0, 0.1) is 0 Å². The molecule has 0 bridgehead atoms. The number of hydrogen-bond donors (Lipinski definition) is 2. The van der Waals surface area contributed by atoms with E-state index in [4.69, 9.17) is 9.84 Å². The standard InChI is InChI=1S/C34H63NO5/c1-3-5-7-9-11-12-13-14-15-16-21-25-29-34(39)40-31(26-22-18-10-8-6-4-2)27-23-19-17-20-24-28-32(36)35-30-33(37)38/h11-12,31H,3-10,13-30H2,1-2H3,(H,35,36)(H,37,38)/b12-11-. The molecule has 6 heteroatoms. The number of carbonyl (C=O) groups is 3. The number of rotatable bonds is 30. The quantitative estimate of drug-likeness (QED) is 0.0514. The second-order valence-electron chi connectivity index (χ2n) is 11.4. The summed E-state index contributed by atoms with van der Waals surface area (Å²) in [5, 5.41) is 11.0. The number of esters is 1. The van der Waals surface area contributed by atoms with E-state index in [-0.39, 0.29) is 24.5 Å². The third-order valence-corrected chi connectivity index (χ3v) is 7.44. The molecule has 0 saturated heterocycles. The lowest BCUT2D eigenvalue weighted by molar-refractivity contribution is -0.150. The average molecular weight is 566 g/mol. The number of carbonyl (C=O) groups excluding carboxylic acids is 2. The Morgan fingerprint density at radius 2 is 1.07 bits per heavy atom. The molecule has 234 valence electrons. The molecule has 40 heavy (non-hydrogen) atoms. The van der Waals surface area contributed by atoms with E-state index >= 15 is 0 Å². The molecule has 0 heterocycles. The summed E-state index contributed by atoms with van der Waals surface area (Å²) < 4.78 is 5.93. The fourth-order valence-electron chi connectivity index (χ4n) is 4.92. The number of carboxylic acid groups (broad SMARTS) is 1. The van der Waals surface area contributed by atoms with E-state index in [0.717, 1.165) is 64.2 Å². The van der Waals surface area contributed by atoms with Gasteiger partial charge in [0.2, 0.25) is 5.91 Å². The van der Waals surface area contributed by atoms with Crippen molar-refractivity contribution in [2.45, 2.75) is 180 Å². The molecule has 0 aliphatic heterocycles. The Morgan fingerprint density at radius 1 is 0.625 bits per heavy atom. The second-order valence-corrected chi connectivity index (χ2v) is 11.4. The minimum absolute atomic E-state index is 0.0293. The van der Waals surface area contributed by atoms with Crippen molar-refractivity contribution in [1.82, 2.24) is 5.32 Å². The molecule has 0 aliphatic carbocycles. The zero-order valence-electron chi connectivity index (χ0n) is 26.2. The first-order valence-electron chi connectivity index (χ1n) is 16.8.